The van der Waals surface area contributed by atoms with Crippen molar-refractivity contribution in [3.63, 3.8) is 0 Å². The van der Waals surface area contributed by atoms with Crippen molar-refractivity contribution in [2.45, 2.75) is 52.7 Å². The van der Waals surface area contributed by atoms with E-state index in [0.29, 0.717) is 12.1 Å². The van der Waals surface area contributed by atoms with Crippen LogP contribution < -0.4 is 5.32 Å². The van der Waals surface area contributed by atoms with Gasteiger partial charge in [0.2, 0.25) is 0 Å². The van der Waals surface area contributed by atoms with Gasteiger partial charge in [0.15, 0.2) is 0 Å². The Morgan fingerprint density at radius 2 is 2.00 bits per heavy atom. The molecule has 0 radical (unpaired) electrons. The molecule has 0 saturated heterocycles. The summed E-state index contributed by atoms with van der Waals surface area (Å²) in [6, 6.07) is 0.409. The molecule has 18 heavy (non-hydrogen) atoms. The first kappa shape index (κ1) is 15.2. The third-order valence-electron chi connectivity index (χ3n) is 3.44. The molecule has 1 atom stereocenters. The van der Waals surface area contributed by atoms with E-state index in [1.54, 1.807) is 0 Å². The molecule has 0 aliphatic rings. The molecule has 1 N–H and O–H groups in total. The Kier molecular flexibility index (Phi) is 5.82. The fourth-order valence-corrected chi connectivity index (χ4v) is 2.12. The highest BCUT2D eigenvalue weighted by Crippen LogP contribution is 2.15. The predicted octanol–water partition coefficient (Wildman–Crippen LogP) is 1.98. The zero-order valence-electron chi connectivity index (χ0n) is 12.6. The average Bonchev–Trinajstić information content (AvgIpc) is 2.54. The second-order valence-electron chi connectivity index (χ2n) is 5.18. The van der Waals surface area contributed by atoms with Gasteiger partial charge in [-0.15, -0.1) is 0 Å². The van der Waals surface area contributed by atoms with E-state index in [-0.39, 0.29) is 0 Å². The average molecular weight is 253 g/mol. The number of hydrogen-bond acceptors (Lipinski definition) is 3. The molecule has 0 aliphatic carbocycles. The smallest absolute Gasteiger partial charge is 0.0628 e. The Balaban J connectivity index is 2.52. The lowest BCUT2D eigenvalue weighted by molar-refractivity contribution is 0.0611. The molecule has 0 fully saturated rings. The Bertz CT molecular complexity index is 371. The number of aryl methyl sites for hydroxylation is 2. The number of nitrogens with one attached hydrogen (secondary N) is 1. The van der Waals surface area contributed by atoms with Crippen LogP contribution in [0.25, 0.3) is 0 Å². The van der Waals surface area contributed by atoms with Gasteiger partial charge >= 0.3 is 0 Å². The van der Waals surface area contributed by atoms with E-state index in [1.807, 2.05) is 18.8 Å². The number of rotatable bonds is 7. The van der Waals surface area contributed by atoms with Gasteiger partial charge in [0.1, 0.15) is 0 Å². The Morgan fingerprint density at radius 3 is 2.44 bits per heavy atom. The van der Waals surface area contributed by atoms with Crippen LogP contribution in [0.4, 0.5) is 0 Å². The quantitative estimate of drug-likeness (QED) is 0.807. The van der Waals surface area contributed by atoms with Gasteiger partial charge in [-0.05, 0) is 53.1 Å². The van der Waals surface area contributed by atoms with Gasteiger partial charge in [-0.3, -0.25) is 4.68 Å². The summed E-state index contributed by atoms with van der Waals surface area (Å²) in [4.78, 5) is 0. The highest BCUT2D eigenvalue weighted by Gasteiger charge is 2.13. The summed E-state index contributed by atoms with van der Waals surface area (Å²) in [5.41, 5.74) is 3.80. The third-order valence-corrected chi connectivity index (χ3v) is 3.44. The minimum Gasteiger partial charge on any atom is -0.377 e. The van der Waals surface area contributed by atoms with Crippen molar-refractivity contribution in [2.24, 2.45) is 7.05 Å². The van der Waals surface area contributed by atoms with Crippen LogP contribution in [-0.2, 0) is 18.2 Å². The summed E-state index contributed by atoms with van der Waals surface area (Å²) in [5, 5.41) is 7.77. The van der Waals surface area contributed by atoms with Crippen molar-refractivity contribution in [1.82, 2.24) is 15.1 Å². The number of likely N-dealkylation sites (N-methyl/N-ethyl adjacent to an activating group) is 1. The molecule has 1 heterocycles. The lowest BCUT2D eigenvalue weighted by Gasteiger charge is -2.18. The summed E-state index contributed by atoms with van der Waals surface area (Å²) in [7, 11) is 4.00. The van der Waals surface area contributed by atoms with Crippen molar-refractivity contribution in [3.05, 3.63) is 17.0 Å². The molecule has 0 bridgehead atoms. The largest absolute Gasteiger partial charge is 0.377 e. The molecule has 0 aromatic carbocycles. The van der Waals surface area contributed by atoms with Crippen LogP contribution in [0.15, 0.2) is 0 Å². The highest BCUT2D eigenvalue weighted by molar-refractivity contribution is 5.24. The lowest BCUT2D eigenvalue weighted by Crippen LogP contribution is -2.32. The number of ether oxygens (including phenoxy) is 1. The van der Waals surface area contributed by atoms with Gasteiger partial charge in [0.05, 0.1) is 18.4 Å². The van der Waals surface area contributed by atoms with Crippen LogP contribution in [-0.4, -0.2) is 35.6 Å². The maximum Gasteiger partial charge on any atom is 0.0628 e. The third kappa shape index (κ3) is 4.10. The van der Waals surface area contributed by atoms with Crippen LogP contribution in [0, 0.1) is 13.8 Å². The fraction of sp³-hybridized carbons (Fsp3) is 0.786. The van der Waals surface area contributed by atoms with Crippen molar-refractivity contribution in [1.29, 1.82) is 0 Å². The van der Waals surface area contributed by atoms with Crippen molar-refractivity contribution in [2.75, 3.05) is 13.7 Å². The molecule has 0 aliphatic heterocycles. The standard InChI is InChI=1S/C14H27N3O/c1-10(2)18-9-13(15-5)7-8-14-11(3)16-17(6)12(14)4/h10,13,15H,7-9H2,1-6H3. The zero-order chi connectivity index (χ0) is 13.7. The maximum atomic E-state index is 5.67. The topological polar surface area (TPSA) is 39.1 Å². The summed E-state index contributed by atoms with van der Waals surface area (Å²) in [6.45, 7) is 9.13. The second-order valence-corrected chi connectivity index (χ2v) is 5.18. The summed E-state index contributed by atoms with van der Waals surface area (Å²) >= 11 is 0. The normalized spacial score (nSPS) is 13.3. The van der Waals surface area contributed by atoms with E-state index in [9.17, 15) is 0 Å². The van der Waals surface area contributed by atoms with Gasteiger partial charge in [-0.1, -0.05) is 0 Å². The van der Waals surface area contributed by atoms with E-state index in [2.05, 4.69) is 38.1 Å². The molecule has 4 heteroatoms. The minimum atomic E-state index is 0.294. The van der Waals surface area contributed by atoms with Crippen LogP contribution >= 0.6 is 0 Å². The molecule has 1 aromatic rings. The van der Waals surface area contributed by atoms with Crippen LogP contribution in [0.2, 0.25) is 0 Å². The number of nitrogens with zero attached hydrogens (tertiary/aromatic N) is 2. The first-order valence-corrected chi connectivity index (χ1v) is 6.73. The van der Waals surface area contributed by atoms with Crippen LogP contribution in [0.1, 0.15) is 37.2 Å². The molecule has 1 rings (SSSR count). The Morgan fingerprint density at radius 1 is 1.33 bits per heavy atom. The monoisotopic (exact) mass is 253 g/mol. The number of aromatic nitrogens is 2. The summed E-state index contributed by atoms with van der Waals surface area (Å²) in [5.74, 6) is 0. The zero-order valence-corrected chi connectivity index (χ0v) is 12.6. The van der Waals surface area contributed by atoms with E-state index in [1.165, 1.54) is 11.3 Å². The molecule has 0 spiro atoms. The van der Waals surface area contributed by atoms with E-state index >= 15 is 0 Å². The van der Waals surface area contributed by atoms with E-state index < -0.39 is 0 Å². The van der Waals surface area contributed by atoms with Crippen LogP contribution in [0.3, 0.4) is 0 Å². The molecule has 104 valence electrons. The Labute approximate surface area is 111 Å². The lowest BCUT2D eigenvalue weighted by atomic mass is 10.0. The van der Waals surface area contributed by atoms with Gasteiger partial charge in [0.25, 0.3) is 0 Å². The van der Waals surface area contributed by atoms with Gasteiger partial charge < -0.3 is 10.1 Å². The molecular formula is C14H27N3O. The maximum absolute atomic E-state index is 5.67. The molecule has 1 aromatic heterocycles. The summed E-state index contributed by atoms with van der Waals surface area (Å²) < 4.78 is 7.63. The SMILES string of the molecule is CNC(CCc1c(C)nn(C)c1C)COC(C)C. The molecule has 1 unspecified atom stereocenters. The van der Waals surface area contributed by atoms with Crippen LogP contribution in [0.5, 0.6) is 0 Å². The highest BCUT2D eigenvalue weighted by atomic mass is 16.5. The minimum absolute atomic E-state index is 0.294. The van der Waals surface area contributed by atoms with Gasteiger partial charge in [-0.25, -0.2) is 0 Å². The first-order valence-electron chi connectivity index (χ1n) is 6.73. The first-order chi connectivity index (χ1) is 8.45. The fourth-order valence-electron chi connectivity index (χ4n) is 2.12. The number of hydrogen-bond donors (Lipinski definition) is 1. The second kappa shape index (κ2) is 6.90. The van der Waals surface area contributed by atoms with Gasteiger partial charge in [0, 0.05) is 18.8 Å². The predicted molar refractivity (Wildman–Crippen MR) is 74.9 cm³/mol. The van der Waals surface area contributed by atoms with Crippen molar-refractivity contribution >= 4 is 0 Å². The van der Waals surface area contributed by atoms with Gasteiger partial charge in [-0.2, -0.15) is 5.10 Å². The van der Waals surface area contributed by atoms with Crippen molar-refractivity contribution in [3.8, 4) is 0 Å². The van der Waals surface area contributed by atoms with Crippen molar-refractivity contribution < 1.29 is 4.74 Å². The molecule has 0 saturated carbocycles. The summed E-state index contributed by atoms with van der Waals surface area (Å²) in [6.07, 6.45) is 2.43. The van der Waals surface area contributed by atoms with E-state index in [0.717, 1.165) is 25.1 Å². The molecular weight excluding hydrogens is 226 g/mol. The Hall–Kier alpha value is -0.870. The molecule has 4 nitrogen and oxygen atoms in total. The molecule has 0 amide bonds. The van der Waals surface area contributed by atoms with E-state index in [4.69, 9.17) is 4.74 Å².